The van der Waals surface area contributed by atoms with Crippen molar-refractivity contribution in [1.29, 1.82) is 0 Å². The number of anilines is 1. The van der Waals surface area contributed by atoms with Crippen LogP contribution in [0.5, 0.6) is 0 Å². The number of methoxy groups -OCH3 is 1. The molecule has 0 unspecified atom stereocenters. The topological polar surface area (TPSA) is 78.5 Å². The van der Waals surface area contributed by atoms with Gasteiger partial charge in [0.1, 0.15) is 0 Å². The normalized spacial score (nSPS) is 29.5. The van der Waals surface area contributed by atoms with Gasteiger partial charge in [-0.3, -0.25) is 0 Å². The molecule has 5 atom stereocenters. The largest absolute Gasteiger partial charge is 0.545 e. The average Bonchev–Trinajstić information content (AvgIpc) is 3.35. The summed E-state index contributed by atoms with van der Waals surface area (Å²) in [6, 6.07) is 13.0. The highest BCUT2D eigenvalue weighted by Crippen LogP contribution is 2.63. The van der Waals surface area contributed by atoms with E-state index < -0.39 is 5.97 Å². The summed E-state index contributed by atoms with van der Waals surface area (Å²) in [7, 11) is 1.37. The van der Waals surface area contributed by atoms with Crippen molar-refractivity contribution < 1.29 is 19.4 Å². The number of aromatic carboxylic acids is 1. The summed E-state index contributed by atoms with van der Waals surface area (Å²) in [6.45, 7) is 0. The van der Waals surface area contributed by atoms with Crippen molar-refractivity contribution in [2.45, 2.75) is 31.2 Å². The van der Waals surface area contributed by atoms with Gasteiger partial charge in [-0.05, 0) is 66.2 Å². The summed E-state index contributed by atoms with van der Waals surface area (Å²) in [5.74, 6) is 0.570. The van der Waals surface area contributed by atoms with E-state index in [9.17, 15) is 14.7 Å². The van der Waals surface area contributed by atoms with E-state index >= 15 is 0 Å². The van der Waals surface area contributed by atoms with E-state index in [1.54, 1.807) is 18.2 Å². The second kappa shape index (κ2) is 6.36. The Hall–Kier alpha value is -2.82. The van der Waals surface area contributed by atoms with Crippen LogP contribution in [-0.4, -0.2) is 19.0 Å². The number of benzene rings is 2. The fourth-order valence-electron chi connectivity index (χ4n) is 5.96. The van der Waals surface area contributed by atoms with Crippen LogP contribution in [0.1, 0.15) is 63.1 Å². The average molecular weight is 376 g/mol. The van der Waals surface area contributed by atoms with Crippen LogP contribution in [0.3, 0.4) is 0 Å². The van der Waals surface area contributed by atoms with Gasteiger partial charge < -0.3 is 20.0 Å². The Bertz CT molecular complexity index is 952. The number of carboxylic acid groups (broad SMARTS) is 1. The lowest BCUT2D eigenvalue weighted by molar-refractivity contribution is -0.254. The number of rotatable bonds is 3. The molecule has 144 valence electrons. The first-order chi connectivity index (χ1) is 13.6. The predicted molar refractivity (Wildman–Crippen MR) is 102 cm³/mol. The molecule has 2 aromatic carbocycles. The molecule has 1 aliphatic heterocycles. The predicted octanol–water partition coefficient (Wildman–Crippen LogP) is 3.13. The number of hydrogen-bond acceptors (Lipinski definition) is 5. The van der Waals surface area contributed by atoms with E-state index in [1.165, 1.54) is 26.4 Å². The second-order valence-corrected chi connectivity index (χ2v) is 8.23. The first-order valence-electron chi connectivity index (χ1n) is 9.87. The minimum Gasteiger partial charge on any atom is -0.545 e. The van der Waals surface area contributed by atoms with Gasteiger partial charge in [-0.15, -0.1) is 0 Å². The monoisotopic (exact) mass is 376 g/mol. The molecular formula is C23H22NO4-. The van der Waals surface area contributed by atoms with Crippen LogP contribution in [-0.2, 0) is 4.74 Å². The lowest BCUT2D eigenvalue weighted by Crippen LogP contribution is -2.37. The van der Waals surface area contributed by atoms with Crippen LogP contribution in [0.15, 0.2) is 42.5 Å². The number of carboxylic acids is 1. The van der Waals surface area contributed by atoms with Crippen molar-refractivity contribution in [3.63, 3.8) is 0 Å². The Labute approximate surface area is 163 Å². The standard InChI is InChI=1S/C23H23NO4/c1-28-23(27)13-7-5-12(6-8-13)20-19-15-10-9-14(11-15)18(19)16-3-2-4-17(22(25)26)21(16)24-20/h2-8,14-15,18-20,24H,9-11H2,1H3,(H,25,26)/p-1/t14-,15-,18+,19-,20+/m0/s1. The molecule has 5 heteroatoms. The first-order valence-corrected chi connectivity index (χ1v) is 9.87. The highest BCUT2D eigenvalue weighted by Gasteiger charge is 2.54. The zero-order valence-corrected chi connectivity index (χ0v) is 15.7. The molecule has 1 heterocycles. The van der Waals surface area contributed by atoms with Gasteiger partial charge in [0.05, 0.1) is 24.7 Å². The van der Waals surface area contributed by atoms with Gasteiger partial charge in [0.25, 0.3) is 0 Å². The van der Waals surface area contributed by atoms with Gasteiger partial charge in [0.2, 0.25) is 0 Å². The summed E-state index contributed by atoms with van der Waals surface area (Å²) in [5, 5.41) is 15.3. The van der Waals surface area contributed by atoms with Crippen molar-refractivity contribution >= 4 is 17.6 Å². The summed E-state index contributed by atoms with van der Waals surface area (Å²) in [5.41, 5.74) is 3.66. The van der Waals surface area contributed by atoms with Gasteiger partial charge in [-0.25, -0.2) is 4.79 Å². The number of fused-ring (bicyclic) bond motifs is 7. The maximum Gasteiger partial charge on any atom is 0.337 e. The van der Waals surface area contributed by atoms with Crippen molar-refractivity contribution in [3.05, 3.63) is 64.7 Å². The summed E-state index contributed by atoms with van der Waals surface area (Å²) in [4.78, 5) is 23.5. The van der Waals surface area contributed by atoms with Gasteiger partial charge in [0, 0.05) is 11.3 Å². The molecule has 3 aliphatic rings. The van der Waals surface area contributed by atoms with Crippen molar-refractivity contribution in [3.8, 4) is 0 Å². The maximum atomic E-state index is 11.8. The molecule has 28 heavy (non-hydrogen) atoms. The zero-order chi connectivity index (χ0) is 19.4. The number of hydrogen-bond donors (Lipinski definition) is 1. The number of carbonyl (C=O) groups is 2. The molecule has 2 aliphatic carbocycles. The third kappa shape index (κ3) is 2.45. The van der Waals surface area contributed by atoms with Crippen LogP contribution in [0.2, 0.25) is 0 Å². The Morgan fingerprint density at radius 1 is 1.07 bits per heavy atom. The minimum atomic E-state index is -1.15. The van der Waals surface area contributed by atoms with E-state index in [0.29, 0.717) is 34.9 Å². The molecule has 5 nitrogen and oxygen atoms in total. The highest BCUT2D eigenvalue weighted by molar-refractivity contribution is 5.94. The number of carbonyl (C=O) groups excluding carboxylic acids is 2. The van der Waals surface area contributed by atoms with E-state index in [2.05, 4.69) is 11.4 Å². The van der Waals surface area contributed by atoms with E-state index in [0.717, 1.165) is 11.1 Å². The fraction of sp³-hybridized carbons (Fsp3) is 0.391. The van der Waals surface area contributed by atoms with E-state index in [1.807, 2.05) is 18.2 Å². The lowest BCUT2D eigenvalue weighted by Gasteiger charge is -2.44. The molecule has 2 bridgehead atoms. The van der Waals surface area contributed by atoms with Crippen LogP contribution in [0, 0.1) is 17.8 Å². The smallest absolute Gasteiger partial charge is 0.337 e. The Morgan fingerprint density at radius 3 is 2.54 bits per heavy atom. The molecule has 5 rings (SSSR count). The van der Waals surface area contributed by atoms with Crippen LogP contribution in [0.4, 0.5) is 5.69 Å². The molecule has 2 fully saturated rings. The maximum absolute atomic E-state index is 11.8. The van der Waals surface area contributed by atoms with Crippen LogP contribution in [0.25, 0.3) is 0 Å². The molecule has 0 saturated heterocycles. The van der Waals surface area contributed by atoms with Crippen molar-refractivity contribution in [2.24, 2.45) is 17.8 Å². The second-order valence-electron chi connectivity index (χ2n) is 8.23. The molecule has 1 N–H and O–H groups in total. The van der Waals surface area contributed by atoms with Gasteiger partial charge in [0.15, 0.2) is 0 Å². The van der Waals surface area contributed by atoms with Gasteiger partial charge in [-0.1, -0.05) is 30.3 Å². The number of nitrogens with one attached hydrogen (secondary N) is 1. The Balaban J connectivity index is 1.59. The van der Waals surface area contributed by atoms with E-state index in [-0.39, 0.29) is 17.6 Å². The van der Waals surface area contributed by atoms with Crippen LogP contribution >= 0.6 is 0 Å². The lowest BCUT2D eigenvalue weighted by atomic mass is 9.67. The Kier molecular flexibility index (Phi) is 3.93. The third-order valence-electron chi connectivity index (χ3n) is 7.03. The number of para-hydroxylation sites is 1. The van der Waals surface area contributed by atoms with Gasteiger partial charge >= 0.3 is 5.97 Å². The summed E-state index contributed by atoms with van der Waals surface area (Å²) >= 11 is 0. The minimum absolute atomic E-state index is 0.0278. The van der Waals surface area contributed by atoms with Crippen molar-refractivity contribution in [2.75, 3.05) is 12.4 Å². The Morgan fingerprint density at radius 2 is 1.82 bits per heavy atom. The number of ether oxygens (including phenoxy) is 1. The summed E-state index contributed by atoms with van der Waals surface area (Å²) in [6.07, 6.45) is 3.66. The SMILES string of the molecule is COC(=O)c1ccc([C@H]2Nc3c(C(=O)[O-])cccc3[C@H]3[C@H]4CC[C@@H](C4)[C@@H]32)cc1. The molecule has 2 aromatic rings. The van der Waals surface area contributed by atoms with Crippen LogP contribution < -0.4 is 10.4 Å². The van der Waals surface area contributed by atoms with Gasteiger partial charge in [-0.2, -0.15) is 0 Å². The first kappa shape index (κ1) is 17.3. The molecule has 0 radical (unpaired) electrons. The third-order valence-corrected chi connectivity index (χ3v) is 7.03. The zero-order valence-electron chi connectivity index (χ0n) is 15.7. The summed E-state index contributed by atoms with van der Waals surface area (Å²) < 4.78 is 4.79. The van der Waals surface area contributed by atoms with Crippen molar-refractivity contribution in [1.82, 2.24) is 0 Å². The number of esters is 1. The van der Waals surface area contributed by atoms with E-state index in [4.69, 9.17) is 4.74 Å². The molecule has 0 spiro atoms. The molecule has 0 aromatic heterocycles. The quantitative estimate of drug-likeness (QED) is 0.833. The fourth-order valence-corrected chi connectivity index (χ4v) is 5.96. The molecule has 2 saturated carbocycles. The molecule has 0 amide bonds. The molecular weight excluding hydrogens is 354 g/mol. The highest BCUT2D eigenvalue weighted by atomic mass is 16.5.